The number of unbranched alkanes of at least 4 members (excludes halogenated alkanes) is 6. The standard InChI is InChI=1S/C16H23ClO2/c1-2-3-4-5-6-7-8-12-19-16(18)14-10-9-11-15(17)13-14/h9-11,13H,2-8,12H2,1H3. The molecule has 0 N–H and O–H groups in total. The molecule has 3 heteroatoms. The molecule has 19 heavy (non-hydrogen) atoms. The van der Waals surface area contributed by atoms with Crippen molar-refractivity contribution in [3.8, 4) is 0 Å². The van der Waals surface area contributed by atoms with Crippen molar-refractivity contribution >= 4 is 17.6 Å². The molecule has 0 fully saturated rings. The Hall–Kier alpha value is -1.02. The normalized spacial score (nSPS) is 10.4. The quantitative estimate of drug-likeness (QED) is 0.457. The Labute approximate surface area is 121 Å². The molecular formula is C16H23ClO2. The first-order valence-electron chi connectivity index (χ1n) is 7.16. The zero-order valence-corrected chi connectivity index (χ0v) is 12.4. The van der Waals surface area contributed by atoms with Crippen molar-refractivity contribution in [2.45, 2.75) is 51.9 Å². The number of esters is 1. The van der Waals surface area contributed by atoms with E-state index in [9.17, 15) is 4.79 Å². The Balaban J connectivity index is 2.08. The molecule has 0 bridgehead atoms. The van der Waals surface area contributed by atoms with Crippen molar-refractivity contribution in [2.75, 3.05) is 6.61 Å². The molecule has 1 aromatic carbocycles. The van der Waals surface area contributed by atoms with Crippen molar-refractivity contribution < 1.29 is 9.53 Å². The predicted molar refractivity (Wildman–Crippen MR) is 79.7 cm³/mol. The van der Waals surface area contributed by atoms with Gasteiger partial charge in [-0.3, -0.25) is 0 Å². The van der Waals surface area contributed by atoms with Crippen LogP contribution in [-0.2, 0) is 4.74 Å². The number of carbonyl (C=O) groups excluding carboxylic acids is 1. The average molecular weight is 283 g/mol. The topological polar surface area (TPSA) is 26.3 Å². The highest BCUT2D eigenvalue weighted by Gasteiger charge is 2.06. The summed E-state index contributed by atoms with van der Waals surface area (Å²) in [5.41, 5.74) is 0.524. The largest absolute Gasteiger partial charge is 0.462 e. The second-order valence-corrected chi connectivity index (χ2v) is 5.20. The van der Waals surface area contributed by atoms with Crippen LogP contribution in [-0.4, -0.2) is 12.6 Å². The minimum absolute atomic E-state index is 0.284. The van der Waals surface area contributed by atoms with Gasteiger partial charge >= 0.3 is 5.97 Å². The lowest BCUT2D eigenvalue weighted by Gasteiger charge is -2.05. The van der Waals surface area contributed by atoms with Crippen LogP contribution < -0.4 is 0 Å². The van der Waals surface area contributed by atoms with Crippen LogP contribution >= 0.6 is 11.6 Å². The van der Waals surface area contributed by atoms with Gasteiger partial charge in [0.05, 0.1) is 12.2 Å². The molecule has 0 radical (unpaired) electrons. The Morgan fingerprint density at radius 2 is 1.79 bits per heavy atom. The van der Waals surface area contributed by atoms with Crippen LogP contribution in [0.3, 0.4) is 0 Å². The lowest BCUT2D eigenvalue weighted by atomic mass is 10.1. The summed E-state index contributed by atoms with van der Waals surface area (Å²) < 4.78 is 5.21. The fourth-order valence-corrected chi connectivity index (χ4v) is 2.11. The summed E-state index contributed by atoms with van der Waals surface area (Å²) in [7, 11) is 0. The molecule has 1 aromatic rings. The molecule has 0 aliphatic carbocycles. The van der Waals surface area contributed by atoms with E-state index in [0.717, 1.165) is 12.8 Å². The second-order valence-electron chi connectivity index (χ2n) is 4.77. The molecule has 0 spiro atoms. The smallest absolute Gasteiger partial charge is 0.338 e. The molecule has 0 aromatic heterocycles. The van der Waals surface area contributed by atoms with E-state index in [-0.39, 0.29) is 5.97 Å². The van der Waals surface area contributed by atoms with Gasteiger partial charge in [-0.15, -0.1) is 0 Å². The second kappa shape index (κ2) is 9.85. The Morgan fingerprint density at radius 1 is 1.11 bits per heavy atom. The molecule has 0 heterocycles. The third-order valence-electron chi connectivity index (χ3n) is 3.04. The number of carbonyl (C=O) groups is 1. The number of hydrogen-bond donors (Lipinski definition) is 0. The monoisotopic (exact) mass is 282 g/mol. The summed E-state index contributed by atoms with van der Waals surface area (Å²) >= 11 is 5.83. The predicted octanol–water partition coefficient (Wildman–Crippen LogP) is 5.25. The fraction of sp³-hybridized carbons (Fsp3) is 0.562. The third kappa shape index (κ3) is 7.22. The van der Waals surface area contributed by atoms with E-state index in [1.807, 2.05) is 0 Å². The van der Waals surface area contributed by atoms with E-state index in [0.29, 0.717) is 17.2 Å². The zero-order valence-electron chi connectivity index (χ0n) is 11.7. The number of halogens is 1. The SMILES string of the molecule is CCCCCCCCCOC(=O)c1cccc(Cl)c1. The average Bonchev–Trinajstić information content (AvgIpc) is 2.41. The summed E-state index contributed by atoms with van der Waals surface area (Å²) in [5, 5.41) is 0.561. The van der Waals surface area contributed by atoms with Gasteiger partial charge in [-0.1, -0.05) is 63.1 Å². The molecule has 0 saturated carbocycles. The lowest BCUT2D eigenvalue weighted by Crippen LogP contribution is -2.06. The Morgan fingerprint density at radius 3 is 2.47 bits per heavy atom. The van der Waals surface area contributed by atoms with Gasteiger partial charge in [0.1, 0.15) is 0 Å². The molecule has 0 aliphatic rings. The van der Waals surface area contributed by atoms with Crippen molar-refractivity contribution in [1.29, 1.82) is 0 Å². The summed E-state index contributed by atoms with van der Waals surface area (Å²) in [6, 6.07) is 6.86. The van der Waals surface area contributed by atoms with Gasteiger partial charge in [0.25, 0.3) is 0 Å². The van der Waals surface area contributed by atoms with Crippen LogP contribution in [0.4, 0.5) is 0 Å². The van der Waals surface area contributed by atoms with E-state index in [1.54, 1.807) is 24.3 Å². The van der Waals surface area contributed by atoms with Gasteiger partial charge in [-0.25, -0.2) is 4.79 Å². The summed E-state index contributed by atoms with van der Waals surface area (Å²) in [6.45, 7) is 2.72. The first-order chi connectivity index (χ1) is 9.24. The maximum Gasteiger partial charge on any atom is 0.338 e. The Kier molecular flexibility index (Phi) is 8.31. The molecule has 0 atom stereocenters. The van der Waals surface area contributed by atoms with E-state index >= 15 is 0 Å². The minimum atomic E-state index is -0.284. The highest BCUT2D eigenvalue weighted by molar-refractivity contribution is 6.30. The fourth-order valence-electron chi connectivity index (χ4n) is 1.92. The lowest BCUT2D eigenvalue weighted by molar-refractivity contribution is 0.0497. The van der Waals surface area contributed by atoms with Crippen LogP contribution in [0.25, 0.3) is 0 Å². The van der Waals surface area contributed by atoms with Gasteiger partial charge in [0.2, 0.25) is 0 Å². The number of rotatable bonds is 9. The summed E-state index contributed by atoms with van der Waals surface area (Å²) in [6.07, 6.45) is 8.51. The van der Waals surface area contributed by atoms with Crippen LogP contribution in [0.5, 0.6) is 0 Å². The number of hydrogen-bond acceptors (Lipinski definition) is 2. The molecular weight excluding hydrogens is 260 g/mol. The van der Waals surface area contributed by atoms with E-state index in [1.165, 1.54) is 32.1 Å². The molecule has 0 aliphatic heterocycles. The molecule has 0 unspecified atom stereocenters. The van der Waals surface area contributed by atoms with Gasteiger partial charge in [-0.2, -0.15) is 0 Å². The summed E-state index contributed by atoms with van der Waals surface area (Å²) in [5.74, 6) is -0.284. The molecule has 0 amide bonds. The molecule has 1 rings (SSSR count). The van der Waals surface area contributed by atoms with E-state index in [4.69, 9.17) is 16.3 Å². The summed E-state index contributed by atoms with van der Waals surface area (Å²) in [4.78, 5) is 11.7. The molecule has 2 nitrogen and oxygen atoms in total. The van der Waals surface area contributed by atoms with Crippen LogP contribution in [0.1, 0.15) is 62.2 Å². The van der Waals surface area contributed by atoms with Crippen molar-refractivity contribution in [1.82, 2.24) is 0 Å². The van der Waals surface area contributed by atoms with E-state index in [2.05, 4.69) is 6.92 Å². The molecule has 0 saturated heterocycles. The third-order valence-corrected chi connectivity index (χ3v) is 3.28. The highest BCUT2D eigenvalue weighted by atomic mass is 35.5. The number of ether oxygens (including phenoxy) is 1. The van der Waals surface area contributed by atoms with Gasteiger partial charge in [0, 0.05) is 5.02 Å². The van der Waals surface area contributed by atoms with Gasteiger partial charge < -0.3 is 4.74 Å². The van der Waals surface area contributed by atoms with E-state index < -0.39 is 0 Å². The van der Waals surface area contributed by atoms with Gasteiger partial charge in [-0.05, 0) is 24.6 Å². The maximum atomic E-state index is 11.7. The van der Waals surface area contributed by atoms with Crippen molar-refractivity contribution in [2.24, 2.45) is 0 Å². The first-order valence-corrected chi connectivity index (χ1v) is 7.54. The van der Waals surface area contributed by atoms with Crippen LogP contribution in [0, 0.1) is 0 Å². The van der Waals surface area contributed by atoms with Crippen LogP contribution in [0.15, 0.2) is 24.3 Å². The number of benzene rings is 1. The zero-order chi connectivity index (χ0) is 13.9. The van der Waals surface area contributed by atoms with Gasteiger partial charge in [0.15, 0.2) is 0 Å². The van der Waals surface area contributed by atoms with Crippen molar-refractivity contribution in [3.05, 3.63) is 34.9 Å². The van der Waals surface area contributed by atoms with Crippen LogP contribution in [0.2, 0.25) is 5.02 Å². The maximum absolute atomic E-state index is 11.7. The Bertz CT molecular complexity index is 377. The van der Waals surface area contributed by atoms with Crippen molar-refractivity contribution in [3.63, 3.8) is 0 Å². The first kappa shape index (κ1) is 16.0. The molecule has 106 valence electrons. The minimum Gasteiger partial charge on any atom is -0.462 e. The highest BCUT2D eigenvalue weighted by Crippen LogP contribution is 2.12.